The number of halogens is 1. The molecule has 0 N–H and O–H groups in total. The number of ether oxygens (including phenoxy) is 1. The highest BCUT2D eigenvalue weighted by molar-refractivity contribution is 6.17. The minimum atomic E-state index is -0.459. The molecular formula is C19H24ClN3O4. The Morgan fingerprint density at radius 2 is 2.11 bits per heavy atom. The largest absolute Gasteiger partial charge is 0.466 e. The molecule has 0 spiro atoms. The van der Waals surface area contributed by atoms with Gasteiger partial charge < -0.3 is 9.64 Å². The van der Waals surface area contributed by atoms with Gasteiger partial charge in [-0.1, -0.05) is 6.07 Å². The van der Waals surface area contributed by atoms with Gasteiger partial charge in [0.2, 0.25) is 0 Å². The van der Waals surface area contributed by atoms with Gasteiger partial charge in [0.05, 0.1) is 23.5 Å². The Labute approximate surface area is 163 Å². The van der Waals surface area contributed by atoms with Crippen LogP contribution in [-0.2, 0) is 16.1 Å². The molecule has 0 saturated heterocycles. The second-order valence-corrected chi connectivity index (χ2v) is 7.01. The van der Waals surface area contributed by atoms with Crippen LogP contribution in [-0.4, -0.2) is 47.4 Å². The number of esters is 1. The molecule has 0 amide bonds. The summed E-state index contributed by atoms with van der Waals surface area (Å²) in [5.74, 6) is -0.0722. The highest BCUT2D eigenvalue weighted by atomic mass is 35.5. The second-order valence-electron chi connectivity index (χ2n) is 6.63. The van der Waals surface area contributed by atoms with Crippen LogP contribution in [0, 0.1) is 10.1 Å². The summed E-state index contributed by atoms with van der Waals surface area (Å²) in [6, 6.07) is 5.44. The van der Waals surface area contributed by atoms with E-state index >= 15 is 0 Å². The van der Waals surface area contributed by atoms with Crippen LogP contribution in [0.4, 0.5) is 5.69 Å². The topological polar surface area (TPSA) is 85.6 Å². The SMILES string of the molecule is CCOC(=O)CC(CCCl)c1cc(CN(C)C)cc2cc([N+](=O)[O-])cnc12. The van der Waals surface area contributed by atoms with Gasteiger partial charge in [0.1, 0.15) is 6.20 Å². The predicted octanol–water partition coefficient (Wildman–Crippen LogP) is 3.87. The third-order valence-electron chi connectivity index (χ3n) is 4.18. The van der Waals surface area contributed by atoms with E-state index < -0.39 is 4.92 Å². The lowest BCUT2D eigenvalue weighted by atomic mass is 9.89. The molecule has 1 atom stereocenters. The van der Waals surface area contributed by atoms with E-state index in [4.69, 9.17) is 16.3 Å². The van der Waals surface area contributed by atoms with Gasteiger partial charge in [-0.2, -0.15) is 0 Å². The van der Waals surface area contributed by atoms with E-state index in [1.807, 2.05) is 31.1 Å². The average molecular weight is 394 g/mol. The molecule has 1 aromatic carbocycles. The normalized spacial score (nSPS) is 12.3. The molecule has 0 bridgehead atoms. The van der Waals surface area contributed by atoms with Crippen LogP contribution in [0.3, 0.4) is 0 Å². The van der Waals surface area contributed by atoms with Crippen molar-refractivity contribution in [2.45, 2.75) is 32.2 Å². The summed E-state index contributed by atoms with van der Waals surface area (Å²) < 4.78 is 5.10. The van der Waals surface area contributed by atoms with Crippen molar-refractivity contribution in [3.8, 4) is 0 Å². The lowest BCUT2D eigenvalue weighted by Gasteiger charge is -2.19. The van der Waals surface area contributed by atoms with E-state index in [0.717, 1.165) is 11.1 Å². The van der Waals surface area contributed by atoms with Crippen molar-refractivity contribution in [3.63, 3.8) is 0 Å². The molecule has 1 aromatic heterocycles. The van der Waals surface area contributed by atoms with Crippen molar-refractivity contribution >= 4 is 34.2 Å². The van der Waals surface area contributed by atoms with Crippen LogP contribution < -0.4 is 0 Å². The molecule has 0 aliphatic heterocycles. The van der Waals surface area contributed by atoms with Gasteiger partial charge in [0.25, 0.3) is 5.69 Å². The Balaban J connectivity index is 2.58. The zero-order chi connectivity index (χ0) is 20.0. The maximum atomic E-state index is 12.1. The summed E-state index contributed by atoms with van der Waals surface area (Å²) in [5.41, 5.74) is 2.46. The number of aromatic nitrogens is 1. The van der Waals surface area contributed by atoms with Gasteiger partial charge in [0.15, 0.2) is 0 Å². The van der Waals surface area contributed by atoms with Gasteiger partial charge in [-0.05, 0) is 50.6 Å². The number of nitro groups is 1. The summed E-state index contributed by atoms with van der Waals surface area (Å²) in [4.78, 5) is 29.1. The number of pyridine rings is 1. The first-order valence-electron chi connectivity index (χ1n) is 8.79. The Morgan fingerprint density at radius 1 is 1.37 bits per heavy atom. The van der Waals surface area contributed by atoms with Crippen molar-refractivity contribution in [3.05, 3.63) is 45.6 Å². The Kier molecular flexibility index (Phi) is 7.50. The van der Waals surface area contributed by atoms with Crippen LogP contribution in [0.15, 0.2) is 24.4 Å². The van der Waals surface area contributed by atoms with Crippen LogP contribution >= 0.6 is 11.6 Å². The van der Waals surface area contributed by atoms with Crippen molar-refractivity contribution < 1.29 is 14.5 Å². The molecule has 8 heteroatoms. The molecule has 7 nitrogen and oxygen atoms in total. The Morgan fingerprint density at radius 3 is 2.70 bits per heavy atom. The van der Waals surface area contributed by atoms with Crippen molar-refractivity contribution in [2.24, 2.45) is 0 Å². The molecular weight excluding hydrogens is 370 g/mol. The average Bonchev–Trinajstić information content (AvgIpc) is 2.59. The van der Waals surface area contributed by atoms with E-state index in [2.05, 4.69) is 4.98 Å². The van der Waals surface area contributed by atoms with E-state index in [-0.39, 0.29) is 24.0 Å². The third kappa shape index (κ3) is 5.61. The molecule has 0 aliphatic carbocycles. The lowest BCUT2D eigenvalue weighted by molar-refractivity contribution is -0.385. The highest BCUT2D eigenvalue weighted by Gasteiger charge is 2.21. The summed E-state index contributed by atoms with van der Waals surface area (Å²) in [6.07, 6.45) is 2.03. The number of hydrogen-bond donors (Lipinski definition) is 0. The Bertz CT molecular complexity index is 826. The summed E-state index contributed by atoms with van der Waals surface area (Å²) in [7, 11) is 3.90. The molecule has 1 heterocycles. The van der Waals surface area contributed by atoms with Crippen LogP contribution in [0.5, 0.6) is 0 Å². The minimum absolute atomic E-state index is 0.0604. The van der Waals surface area contributed by atoms with E-state index in [0.29, 0.717) is 36.4 Å². The van der Waals surface area contributed by atoms with Crippen molar-refractivity contribution in [1.82, 2.24) is 9.88 Å². The number of alkyl halides is 1. The van der Waals surface area contributed by atoms with Crippen molar-refractivity contribution in [2.75, 3.05) is 26.6 Å². The van der Waals surface area contributed by atoms with E-state index in [9.17, 15) is 14.9 Å². The zero-order valence-electron chi connectivity index (χ0n) is 15.8. The van der Waals surface area contributed by atoms with Crippen molar-refractivity contribution in [1.29, 1.82) is 0 Å². The van der Waals surface area contributed by atoms with Gasteiger partial charge in [-0.25, -0.2) is 4.98 Å². The summed E-state index contributed by atoms with van der Waals surface area (Å²) in [6.45, 7) is 2.75. The molecule has 0 radical (unpaired) electrons. The fourth-order valence-corrected chi connectivity index (χ4v) is 3.38. The zero-order valence-corrected chi connectivity index (χ0v) is 16.5. The van der Waals surface area contributed by atoms with E-state index in [1.165, 1.54) is 12.3 Å². The number of rotatable bonds is 9. The monoisotopic (exact) mass is 393 g/mol. The van der Waals surface area contributed by atoms with Crippen LogP contribution in [0.25, 0.3) is 10.9 Å². The Hall–Kier alpha value is -2.25. The first-order valence-corrected chi connectivity index (χ1v) is 9.32. The quantitative estimate of drug-likeness (QED) is 0.278. The number of nitrogens with zero attached hydrogens (tertiary/aromatic N) is 3. The van der Waals surface area contributed by atoms with Gasteiger partial charge in [-0.3, -0.25) is 14.9 Å². The molecule has 27 heavy (non-hydrogen) atoms. The first kappa shape index (κ1) is 21.1. The minimum Gasteiger partial charge on any atom is -0.466 e. The predicted molar refractivity (Wildman–Crippen MR) is 105 cm³/mol. The molecule has 2 rings (SSSR count). The fourth-order valence-electron chi connectivity index (χ4n) is 3.12. The number of benzene rings is 1. The standard InChI is InChI=1S/C19H24ClN3O4/c1-4-27-18(24)10-14(5-6-20)17-8-13(12-22(2)3)7-15-9-16(23(25)26)11-21-19(15)17/h7-9,11,14H,4-6,10,12H2,1-3H3. The first-order chi connectivity index (χ1) is 12.8. The molecule has 1 unspecified atom stereocenters. The summed E-state index contributed by atoms with van der Waals surface area (Å²) >= 11 is 5.98. The number of carbonyl (C=O) groups is 1. The highest BCUT2D eigenvalue weighted by Crippen LogP contribution is 2.33. The molecule has 2 aromatic rings. The second kappa shape index (κ2) is 9.62. The molecule has 0 saturated carbocycles. The maximum absolute atomic E-state index is 12.1. The molecule has 146 valence electrons. The fraction of sp³-hybridized carbons (Fsp3) is 0.474. The van der Waals surface area contributed by atoms with E-state index in [1.54, 1.807) is 6.92 Å². The molecule has 0 fully saturated rings. The number of fused-ring (bicyclic) bond motifs is 1. The van der Waals surface area contributed by atoms with Gasteiger partial charge in [-0.15, -0.1) is 11.6 Å². The third-order valence-corrected chi connectivity index (χ3v) is 4.40. The van der Waals surface area contributed by atoms with Crippen LogP contribution in [0.2, 0.25) is 0 Å². The van der Waals surface area contributed by atoms with Gasteiger partial charge >= 0.3 is 5.97 Å². The van der Waals surface area contributed by atoms with Gasteiger partial charge in [0, 0.05) is 23.9 Å². The summed E-state index contributed by atoms with van der Waals surface area (Å²) in [5, 5.41) is 11.8. The smallest absolute Gasteiger partial charge is 0.306 e. The number of hydrogen-bond acceptors (Lipinski definition) is 6. The lowest BCUT2D eigenvalue weighted by Crippen LogP contribution is -2.14. The maximum Gasteiger partial charge on any atom is 0.306 e. The molecule has 0 aliphatic rings. The number of carbonyl (C=O) groups excluding carboxylic acids is 1. The van der Waals surface area contributed by atoms with Crippen LogP contribution in [0.1, 0.15) is 36.8 Å².